The van der Waals surface area contributed by atoms with E-state index in [0.717, 1.165) is 11.1 Å². The minimum Gasteiger partial charge on any atom is -0.493 e. The molecule has 0 saturated carbocycles. The molecule has 0 unspecified atom stereocenters. The lowest BCUT2D eigenvalue weighted by Gasteiger charge is -2.11. The molecule has 0 aliphatic carbocycles. The van der Waals surface area contributed by atoms with Gasteiger partial charge in [-0.1, -0.05) is 42.5 Å². The second-order valence-electron chi connectivity index (χ2n) is 7.38. The summed E-state index contributed by atoms with van der Waals surface area (Å²) < 4.78 is 43.2. The van der Waals surface area contributed by atoms with Crippen molar-refractivity contribution in [1.82, 2.24) is 10.0 Å². The van der Waals surface area contributed by atoms with Crippen LogP contribution in [-0.2, 0) is 32.6 Å². The molecule has 0 spiro atoms. The Morgan fingerprint density at radius 2 is 1.54 bits per heavy atom. The topological polar surface area (TPSA) is 120 Å². The highest BCUT2D eigenvalue weighted by Crippen LogP contribution is 2.27. The van der Waals surface area contributed by atoms with Crippen LogP contribution in [0, 0.1) is 0 Å². The number of nitrogens with one attached hydrogen (secondary N) is 2. The normalized spacial score (nSPS) is 10.9. The number of sulfonamides is 1. The van der Waals surface area contributed by atoms with Crippen molar-refractivity contribution in [3.63, 3.8) is 0 Å². The molecule has 0 bridgehead atoms. The van der Waals surface area contributed by atoms with Crippen molar-refractivity contribution in [3.05, 3.63) is 89.5 Å². The summed E-state index contributed by atoms with van der Waals surface area (Å²) in [6.07, 6.45) is 0. The van der Waals surface area contributed by atoms with E-state index < -0.39 is 28.5 Å². The molecule has 2 N–H and O–H groups in total. The van der Waals surface area contributed by atoms with Gasteiger partial charge < -0.3 is 19.5 Å². The predicted molar refractivity (Wildman–Crippen MR) is 129 cm³/mol. The van der Waals surface area contributed by atoms with Gasteiger partial charge in [0.25, 0.3) is 5.91 Å². The van der Waals surface area contributed by atoms with Gasteiger partial charge in [0.1, 0.15) is 0 Å². The van der Waals surface area contributed by atoms with Crippen molar-refractivity contribution in [2.24, 2.45) is 0 Å². The van der Waals surface area contributed by atoms with Gasteiger partial charge >= 0.3 is 5.97 Å². The first-order valence-corrected chi connectivity index (χ1v) is 12.1. The highest BCUT2D eigenvalue weighted by atomic mass is 32.2. The maximum atomic E-state index is 12.6. The average Bonchev–Trinajstić information content (AvgIpc) is 2.89. The molecule has 3 aromatic rings. The van der Waals surface area contributed by atoms with Crippen LogP contribution in [0.2, 0.25) is 0 Å². The lowest BCUT2D eigenvalue weighted by Crippen LogP contribution is -2.28. The van der Waals surface area contributed by atoms with E-state index in [1.165, 1.54) is 38.5 Å². The van der Waals surface area contributed by atoms with Gasteiger partial charge in [-0.25, -0.2) is 17.9 Å². The van der Waals surface area contributed by atoms with Gasteiger partial charge in [0.2, 0.25) is 10.0 Å². The number of hydrogen-bond acceptors (Lipinski definition) is 7. The Morgan fingerprint density at radius 3 is 2.26 bits per heavy atom. The zero-order valence-corrected chi connectivity index (χ0v) is 20.1. The zero-order chi connectivity index (χ0) is 25.3. The van der Waals surface area contributed by atoms with E-state index in [2.05, 4.69) is 10.0 Å². The number of carbonyl (C=O) groups is 2. The Hall–Kier alpha value is -3.89. The first-order valence-electron chi connectivity index (χ1n) is 10.6. The number of rotatable bonds is 11. The van der Waals surface area contributed by atoms with Crippen molar-refractivity contribution < 1.29 is 32.2 Å². The van der Waals surface area contributed by atoms with E-state index in [4.69, 9.17) is 14.2 Å². The lowest BCUT2D eigenvalue weighted by atomic mass is 10.2. The van der Waals surface area contributed by atoms with Gasteiger partial charge in [-0.05, 0) is 41.5 Å². The third kappa shape index (κ3) is 7.29. The number of hydrogen-bond donors (Lipinski definition) is 2. The van der Waals surface area contributed by atoms with Crippen LogP contribution in [-0.4, -0.2) is 41.1 Å². The van der Waals surface area contributed by atoms with Gasteiger partial charge in [-0.3, -0.25) is 4.79 Å². The second kappa shape index (κ2) is 12.0. The molecule has 0 aliphatic heterocycles. The number of ether oxygens (including phenoxy) is 3. The van der Waals surface area contributed by atoms with E-state index >= 15 is 0 Å². The molecule has 0 fully saturated rings. The molecule has 1 amide bonds. The SMILES string of the molecule is COc1ccc(CNC(=O)COC(=O)c2cccc(S(=O)(=O)NCc3ccccc3)c2)cc1OC. The van der Waals surface area contributed by atoms with Gasteiger partial charge in [-0.15, -0.1) is 0 Å². The van der Waals surface area contributed by atoms with Crippen LogP contribution in [0.5, 0.6) is 11.5 Å². The quantitative estimate of drug-likeness (QED) is 0.390. The fraction of sp³-hybridized carbons (Fsp3) is 0.200. The molecule has 35 heavy (non-hydrogen) atoms. The van der Waals surface area contributed by atoms with Crippen LogP contribution in [0.3, 0.4) is 0 Å². The fourth-order valence-electron chi connectivity index (χ4n) is 3.10. The fourth-order valence-corrected chi connectivity index (χ4v) is 4.17. The monoisotopic (exact) mass is 498 g/mol. The molecule has 0 radical (unpaired) electrons. The van der Waals surface area contributed by atoms with E-state index in [1.54, 1.807) is 30.3 Å². The Bertz CT molecular complexity index is 1280. The Balaban J connectivity index is 1.53. The number of amides is 1. The molecular weight excluding hydrogens is 472 g/mol. The van der Waals surface area contributed by atoms with Gasteiger partial charge in [-0.2, -0.15) is 0 Å². The summed E-state index contributed by atoms with van der Waals surface area (Å²) in [5.74, 6) is -0.234. The summed E-state index contributed by atoms with van der Waals surface area (Å²) >= 11 is 0. The Morgan fingerprint density at radius 1 is 0.800 bits per heavy atom. The van der Waals surface area contributed by atoms with Crippen LogP contribution in [0.15, 0.2) is 77.7 Å². The van der Waals surface area contributed by atoms with Crippen LogP contribution < -0.4 is 19.5 Å². The average molecular weight is 499 g/mol. The number of methoxy groups -OCH3 is 2. The first kappa shape index (κ1) is 25.7. The van der Waals surface area contributed by atoms with Gasteiger partial charge in [0.05, 0.1) is 24.7 Å². The van der Waals surface area contributed by atoms with E-state index in [-0.39, 0.29) is 23.5 Å². The minimum absolute atomic E-state index is 0.0141. The highest BCUT2D eigenvalue weighted by Gasteiger charge is 2.17. The Labute approximate surface area is 204 Å². The molecule has 0 aromatic heterocycles. The largest absolute Gasteiger partial charge is 0.493 e. The summed E-state index contributed by atoms with van der Waals surface area (Å²) in [4.78, 5) is 24.4. The van der Waals surface area contributed by atoms with Gasteiger partial charge in [0, 0.05) is 13.1 Å². The number of carbonyl (C=O) groups excluding carboxylic acids is 2. The van der Waals surface area contributed by atoms with Crippen molar-refractivity contribution in [2.75, 3.05) is 20.8 Å². The molecule has 9 nitrogen and oxygen atoms in total. The summed E-state index contributed by atoms with van der Waals surface area (Å²) in [5.41, 5.74) is 1.58. The summed E-state index contributed by atoms with van der Waals surface area (Å²) in [7, 11) is -0.811. The Kier molecular flexibility index (Phi) is 8.82. The predicted octanol–water partition coefficient (Wildman–Crippen LogP) is 2.66. The van der Waals surface area contributed by atoms with Crippen molar-refractivity contribution in [1.29, 1.82) is 0 Å². The van der Waals surface area contributed by atoms with Crippen LogP contribution in [0.25, 0.3) is 0 Å². The van der Waals surface area contributed by atoms with Gasteiger partial charge in [0.15, 0.2) is 18.1 Å². The number of benzene rings is 3. The van der Waals surface area contributed by atoms with E-state index in [0.29, 0.717) is 11.5 Å². The molecule has 3 aromatic carbocycles. The maximum Gasteiger partial charge on any atom is 0.338 e. The third-order valence-corrected chi connectivity index (χ3v) is 6.36. The molecular formula is C25H26N2O7S. The van der Waals surface area contributed by atoms with Crippen LogP contribution in [0.4, 0.5) is 0 Å². The van der Waals surface area contributed by atoms with E-state index in [1.807, 2.05) is 18.2 Å². The molecule has 0 atom stereocenters. The number of esters is 1. The summed E-state index contributed by atoms with van der Waals surface area (Å²) in [6.45, 7) is -0.217. The smallest absolute Gasteiger partial charge is 0.338 e. The van der Waals surface area contributed by atoms with Crippen molar-refractivity contribution >= 4 is 21.9 Å². The molecule has 3 rings (SSSR count). The van der Waals surface area contributed by atoms with Crippen molar-refractivity contribution in [3.8, 4) is 11.5 Å². The maximum absolute atomic E-state index is 12.6. The van der Waals surface area contributed by atoms with Crippen molar-refractivity contribution in [2.45, 2.75) is 18.0 Å². The lowest BCUT2D eigenvalue weighted by molar-refractivity contribution is -0.124. The minimum atomic E-state index is -3.85. The van der Waals surface area contributed by atoms with E-state index in [9.17, 15) is 18.0 Å². The van der Waals surface area contributed by atoms with Crippen LogP contribution >= 0.6 is 0 Å². The highest BCUT2D eigenvalue weighted by molar-refractivity contribution is 7.89. The molecule has 0 heterocycles. The summed E-state index contributed by atoms with van der Waals surface area (Å²) in [5, 5.41) is 2.64. The third-order valence-electron chi connectivity index (χ3n) is 4.96. The zero-order valence-electron chi connectivity index (χ0n) is 19.3. The second-order valence-corrected chi connectivity index (χ2v) is 9.15. The molecule has 184 valence electrons. The standard InChI is InChI=1S/C25H26N2O7S/c1-32-22-12-11-19(13-23(22)33-2)15-26-24(28)17-34-25(29)20-9-6-10-21(14-20)35(30,31)27-16-18-7-4-3-5-8-18/h3-14,27H,15-17H2,1-2H3,(H,26,28). The first-order chi connectivity index (χ1) is 16.8. The molecule has 10 heteroatoms. The molecule has 0 aliphatic rings. The summed E-state index contributed by atoms with van der Waals surface area (Å²) in [6, 6.07) is 19.7. The van der Waals surface area contributed by atoms with Crippen LogP contribution in [0.1, 0.15) is 21.5 Å². The molecule has 0 saturated heterocycles.